The van der Waals surface area contributed by atoms with E-state index in [-0.39, 0.29) is 5.78 Å². The number of hydrogen-bond donors (Lipinski definition) is 0. The molecule has 6 nitrogen and oxygen atoms in total. The van der Waals surface area contributed by atoms with Crippen molar-refractivity contribution >= 4 is 17.1 Å². The number of Topliss-reactive ketones (excluding diaryl/α,β-unsaturated/α-hetero) is 1. The highest BCUT2D eigenvalue weighted by Crippen LogP contribution is 2.16. The molecule has 0 N–H and O–H groups in total. The van der Waals surface area contributed by atoms with E-state index in [4.69, 9.17) is 0 Å². The zero-order valence-corrected chi connectivity index (χ0v) is 13.4. The van der Waals surface area contributed by atoms with Crippen molar-refractivity contribution in [1.82, 2.24) is 19.5 Å². The van der Waals surface area contributed by atoms with Crippen LogP contribution in [0.15, 0.2) is 55.0 Å². The summed E-state index contributed by atoms with van der Waals surface area (Å²) in [4.78, 5) is 21.4. The fourth-order valence-electron chi connectivity index (χ4n) is 3.12. The van der Waals surface area contributed by atoms with E-state index >= 15 is 0 Å². The van der Waals surface area contributed by atoms with Gasteiger partial charge in [0.05, 0.1) is 18.3 Å². The van der Waals surface area contributed by atoms with Crippen molar-refractivity contribution < 1.29 is 4.79 Å². The van der Waals surface area contributed by atoms with Crippen molar-refractivity contribution in [2.24, 2.45) is 0 Å². The third-order valence-electron chi connectivity index (χ3n) is 4.44. The third kappa shape index (κ3) is 2.88. The van der Waals surface area contributed by atoms with Crippen LogP contribution in [0.25, 0.3) is 5.65 Å². The second-order valence-electron chi connectivity index (χ2n) is 5.97. The fraction of sp³-hybridized carbons (Fsp3) is 0.278. The number of ketones is 1. The molecular formula is C18H19N5O. The molecule has 0 aliphatic carbocycles. The van der Waals surface area contributed by atoms with Crippen LogP contribution in [0.4, 0.5) is 5.69 Å². The molecule has 0 spiro atoms. The van der Waals surface area contributed by atoms with E-state index in [2.05, 4.69) is 44.1 Å². The number of aromatic nitrogens is 3. The number of benzene rings is 1. The monoisotopic (exact) mass is 321 g/mol. The second-order valence-corrected chi connectivity index (χ2v) is 5.97. The number of para-hydroxylation sites is 1. The first-order chi connectivity index (χ1) is 11.8. The summed E-state index contributed by atoms with van der Waals surface area (Å²) in [5.74, 6) is 0.0804. The van der Waals surface area contributed by atoms with Gasteiger partial charge in [0.25, 0.3) is 0 Å². The number of carbonyl (C=O) groups is 1. The number of fused-ring (bicyclic) bond motifs is 1. The first-order valence-electron chi connectivity index (χ1n) is 8.15. The number of nitrogens with zero attached hydrogens (tertiary/aromatic N) is 5. The van der Waals surface area contributed by atoms with E-state index in [1.807, 2.05) is 6.07 Å². The average molecular weight is 321 g/mol. The summed E-state index contributed by atoms with van der Waals surface area (Å²) in [7, 11) is 0. The molecule has 1 aliphatic rings. The van der Waals surface area contributed by atoms with Crippen LogP contribution in [0.1, 0.15) is 10.4 Å². The smallest absolute Gasteiger partial charge is 0.182 e. The topological polar surface area (TPSA) is 53.7 Å². The Morgan fingerprint density at radius 3 is 2.62 bits per heavy atom. The standard InChI is InChI=1S/C18H19N5O/c24-17(16-13-20-23-8-4-7-19-18(16)23)14-21-9-11-22(12-10-21)15-5-2-1-3-6-15/h1-8,13H,9-12,14H2. The van der Waals surface area contributed by atoms with Crippen LogP contribution in [-0.4, -0.2) is 58.0 Å². The quantitative estimate of drug-likeness (QED) is 0.685. The van der Waals surface area contributed by atoms with E-state index in [9.17, 15) is 4.79 Å². The van der Waals surface area contributed by atoms with Gasteiger partial charge in [-0.3, -0.25) is 9.69 Å². The minimum absolute atomic E-state index is 0.0804. The molecule has 3 aromatic rings. The predicted octanol–water partition coefficient (Wildman–Crippen LogP) is 1.73. The van der Waals surface area contributed by atoms with Crippen molar-refractivity contribution in [3.8, 4) is 0 Å². The first kappa shape index (κ1) is 14.8. The molecule has 1 saturated heterocycles. The number of carbonyl (C=O) groups excluding carboxylic acids is 1. The van der Waals surface area contributed by atoms with Gasteiger partial charge < -0.3 is 4.90 Å². The van der Waals surface area contributed by atoms with Crippen LogP contribution in [0.2, 0.25) is 0 Å². The number of piperazine rings is 1. The highest BCUT2D eigenvalue weighted by atomic mass is 16.1. The lowest BCUT2D eigenvalue weighted by molar-refractivity contribution is 0.0928. The minimum atomic E-state index is 0.0804. The second kappa shape index (κ2) is 6.41. The van der Waals surface area contributed by atoms with Gasteiger partial charge in [0, 0.05) is 44.3 Å². The number of rotatable bonds is 4. The summed E-state index contributed by atoms with van der Waals surface area (Å²) in [6.07, 6.45) is 5.11. The Labute approximate surface area is 140 Å². The Balaban J connectivity index is 1.39. The highest BCUT2D eigenvalue weighted by Gasteiger charge is 2.21. The van der Waals surface area contributed by atoms with Crippen LogP contribution >= 0.6 is 0 Å². The molecule has 0 saturated carbocycles. The first-order valence-corrected chi connectivity index (χ1v) is 8.15. The van der Waals surface area contributed by atoms with Gasteiger partial charge >= 0.3 is 0 Å². The normalized spacial score (nSPS) is 15.8. The molecule has 0 unspecified atom stereocenters. The summed E-state index contributed by atoms with van der Waals surface area (Å²) in [5.41, 5.74) is 2.47. The van der Waals surface area contributed by atoms with E-state index in [0.717, 1.165) is 26.2 Å². The zero-order chi connectivity index (χ0) is 16.4. The van der Waals surface area contributed by atoms with Crippen LogP contribution in [0.3, 0.4) is 0 Å². The predicted molar refractivity (Wildman–Crippen MR) is 92.4 cm³/mol. The number of anilines is 1. The van der Waals surface area contributed by atoms with E-state index in [0.29, 0.717) is 17.8 Å². The zero-order valence-electron chi connectivity index (χ0n) is 13.4. The summed E-state index contributed by atoms with van der Waals surface area (Å²) >= 11 is 0. The van der Waals surface area contributed by atoms with Gasteiger partial charge in [0.15, 0.2) is 11.4 Å². The van der Waals surface area contributed by atoms with Crippen LogP contribution < -0.4 is 4.90 Å². The van der Waals surface area contributed by atoms with E-state index in [1.54, 1.807) is 29.2 Å². The van der Waals surface area contributed by atoms with Gasteiger partial charge in [-0.05, 0) is 18.2 Å². The van der Waals surface area contributed by atoms with Gasteiger partial charge in [-0.15, -0.1) is 0 Å². The molecule has 24 heavy (non-hydrogen) atoms. The van der Waals surface area contributed by atoms with Crippen molar-refractivity contribution in [3.63, 3.8) is 0 Å². The lowest BCUT2D eigenvalue weighted by atomic mass is 10.2. The molecule has 0 amide bonds. The molecule has 122 valence electrons. The maximum atomic E-state index is 12.6. The number of hydrogen-bond acceptors (Lipinski definition) is 5. The summed E-state index contributed by atoms with van der Waals surface area (Å²) in [6.45, 7) is 4.05. The summed E-state index contributed by atoms with van der Waals surface area (Å²) in [5, 5.41) is 4.19. The van der Waals surface area contributed by atoms with Crippen molar-refractivity contribution in [2.45, 2.75) is 0 Å². The highest BCUT2D eigenvalue weighted by molar-refractivity contribution is 6.02. The molecule has 0 atom stereocenters. The summed E-state index contributed by atoms with van der Waals surface area (Å²) < 4.78 is 1.64. The Kier molecular flexibility index (Phi) is 3.96. The van der Waals surface area contributed by atoms with E-state index < -0.39 is 0 Å². The lowest BCUT2D eigenvalue weighted by Gasteiger charge is -2.35. The third-order valence-corrected chi connectivity index (χ3v) is 4.44. The average Bonchev–Trinajstić information content (AvgIpc) is 3.07. The Morgan fingerprint density at radius 1 is 1.04 bits per heavy atom. The maximum absolute atomic E-state index is 12.6. The SMILES string of the molecule is O=C(CN1CCN(c2ccccc2)CC1)c1cnn2cccnc12. The van der Waals surface area contributed by atoms with E-state index in [1.165, 1.54) is 5.69 Å². The van der Waals surface area contributed by atoms with Crippen molar-refractivity contribution in [2.75, 3.05) is 37.6 Å². The van der Waals surface area contributed by atoms with Gasteiger partial charge in [-0.2, -0.15) is 5.10 Å². The Hall–Kier alpha value is -2.73. The maximum Gasteiger partial charge on any atom is 0.182 e. The van der Waals surface area contributed by atoms with Crippen molar-refractivity contribution in [3.05, 3.63) is 60.6 Å². The molecule has 6 heteroatoms. The molecule has 3 heterocycles. The molecule has 1 fully saturated rings. The fourth-order valence-corrected chi connectivity index (χ4v) is 3.12. The largest absolute Gasteiger partial charge is 0.369 e. The molecule has 1 aromatic carbocycles. The lowest BCUT2D eigenvalue weighted by Crippen LogP contribution is -2.48. The Morgan fingerprint density at radius 2 is 1.83 bits per heavy atom. The minimum Gasteiger partial charge on any atom is -0.369 e. The molecule has 4 rings (SSSR count). The molecule has 2 aromatic heterocycles. The summed E-state index contributed by atoms with van der Waals surface area (Å²) in [6, 6.07) is 12.2. The van der Waals surface area contributed by atoms with Gasteiger partial charge in [0.2, 0.25) is 0 Å². The van der Waals surface area contributed by atoms with Crippen molar-refractivity contribution in [1.29, 1.82) is 0 Å². The Bertz CT molecular complexity index is 837. The molecule has 0 radical (unpaired) electrons. The van der Waals surface area contributed by atoms with Crippen LogP contribution in [0.5, 0.6) is 0 Å². The molecule has 0 bridgehead atoms. The van der Waals surface area contributed by atoms with Gasteiger partial charge in [-0.25, -0.2) is 9.50 Å². The van der Waals surface area contributed by atoms with Crippen LogP contribution in [0, 0.1) is 0 Å². The van der Waals surface area contributed by atoms with Gasteiger partial charge in [0.1, 0.15) is 0 Å². The van der Waals surface area contributed by atoms with Gasteiger partial charge in [-0.1, -0.05) is 18.2 Å². The molecular weight excluding hydrogens is 302 g/mol. The molecule has 1 aliphatic heterocycles. The van der Waals surface area contributed by atoms with Crippen LogP contribution in [-0.2, 0) is 0 Å².